The van der Waals surface area contributed by atoms with Gasteiger partial charge in [0.05, 0.1) is 16.7 Å². The zero-order chi connectivity index (χ0) is 12.5. The molecule has 1 N–H and O–H groups in total. The van der Waals surface area contributed by atoms with Crippen LogP contribution in [0, 0.1) is 0 Å². The third-order valence-electron chi connectivity index (χ3n) is 3.60. The molecule has 0 bridgehead atoms. The normalized spacial score (nSPS) is 21.3. The summed E-state index contributed by atoms with van der Waals surface area (Å²) in [5, 5.41) is 3.41. The van der Waals surface area contributed by atoms with Crippen LogP contribution in [0.1, 0.15) is 35.9 Å². The molecule has 0 amide bonds. The number of hydrogen-bond donors (Lipinski definition) is 1. The molecule has 1 aliphatic rings. The number of thiophene rings is 1. The Labute approximate surface area is 116 Å². The minimum absolute atomic E-state index is 0.306. The Hall–Kier alpha value is -0.840. The van der Waals surface area contributed by atoms with Gasteiger partial charge in [-0.25, -0.2) is 4.98 Å². The van der Waals surface area contributed by atoms with Gasteiger partial charge in [-0.1, -0.05) is 11.6 Å². The highest BCUT2D eigenvalue weighted by Gasteiger charge is 2.22. The molecule has 1 fully saturated rings. The SMILES string of the molecule is CC(c1ccc(Cl)s1)n1cncc1C1CCNC1. The van der Waals surface area contributed by atoms with Crippen molar-refractivity contribution in [3.8, 4) is 0 Å². The van der Waals surface area contributed by atoms with Gasteiger partial charge in [0.15, 0.2) is 0 Å². The Bertz CT molecular complexity index is 528. The molecule has 0 aliphatic carbocycles. The van der Waals surface area contributed by atoms with Crippen LogP contribution < -0.4 is 5.32 Å². The summed E-state index contributed by atoms with van der Waals surface area (Å²) in [5.74, 6) is 0.588. The zero-order valence-corrected chi connectivity index (χ0v) is 11.8. The Balaban J connectivity index is 1.89. The summed E-state index contributed by atoms with van der Waals surface area (Å²) in [6.45, 7) is 4.37. The smallest absolute Gasteiger partial charge is 0.0954 e. The number of aromatic nitrogens is 2. The molecule has 0 aromatic carbocycles. The molecule has 2 unspecified atom stereocenters. The van der Waals surface area contributed by atoms with Crippen molar-refractivity contribution in [3.05, 3.63) is 39.6 Å². The first-order valence-electron chi connectivity index (χ1n) is 6.23. The lowest BCUT2D eigenvalue weighted by Crippen LogP contribution is -2.14. The van der Waals surface area contributed by atoms with E-state index in [4.69, 9.17) is 11.6 Å². The highest BCUT2D eigenvalue weighted by Crippen LogP contribution is 2.32. The van der Waals surface area contributed by atoms with Gasteiger partial charge in [0, 0.05) is 29.2 Å². The van der Waals surface area contributed by atoms with Gasteiger partial charge < -0.3 is 9.88 Å². The molecule has 0 radical (unpaired) electrons. The molecule has 3 rings (SSSR count). The molecule has 3 nitrogen and oxygen atoms in total. The van der Waals surface area contributed by atoms with E-state index in [9.17, 15) is 0 Å². The average molecular weight is 282 g/mol. The molecule has 0 saturated carbocycles. The van der Waals surface area contributed by atoms with E-state index in [0.29, 0.717) is 12.0 Å². The second kappa shape index (κ2) is 5.03. The Morgan fingerprint density at radius 3 is 3.11 bits per heavy atom. The number of nitrogens with one attached hydrogen (secondary N) is 1. The van der Waals surface area contributed by atoms with E-state index in [1.54, 1.807) is 11.3 Å². The fraction of sp³-hybridized carbons (Fsp3) is 0.462. The summed E-state index contributed by atoms with van der Waals surface area (Å²) in [5.41, 5.74) is 1.33. The van der Waals surface area contributed by atoms with Crippen molar-refractivity contribution in [2.45, 2.75) is 25.3 Å². The van der Waals surface area contributed by atoms with Crippen LogP contribution in [-0.2, 0) is 0 Å². The van der Waals surface area contributed by atoms with Crippen LogP contribution in [0.25, 0.3) is 0 Å². The van der Waals surface area contributed by atoms with Gasteiger partial charge in [0.1, 0.15) is 0 Å². The van der Waals surface area contributed by atoms with E-state index < -0.39 is 0 Å². The molecule has 3 heterocycles. The van der Waals surface area contributed by atoms with Crippen molar-refractivity contribution < 1.29 is 0 Å². The van der Waals surface area contributed by atoms with Crippen LogP contribution in [0.4, 0.5) is 0 Å². The van der Waals surface area contributed by atoms with E-state index in [1.165, 1.54) is 17.0 Å². The Kier molecular flexibility index (Phi) is 3.41. The Morgan fingerprint density at radius 2 is 2.44 bits per heavy atom. The van der Waals surface area contributed by atoms with E-state index in [-0.39, 0.29) is 0 Å². The summed E-state index contributed by atoms with van der Waals surface area (Å²) in [6.07, 6.45) is 5.14. The van der Waals surface area contributed by atoms with Crippen LogP contribution in [-0.4, -0.2) is 22.6 Å². The largest absolute Gasteiger partial charge is 0.326 e. The van der Waals surface area contributed by atoms with Crippen molar-refractivity contribution in [1.29, 1.82) is 0 Å². The maximum atomic E-state index is 6.02. The van der Waals surface area contributed by atoms with Gasteiger partial charge in [0.25, 0.3) is 0 Å². The number of hydrogen-bond acceptors (Lipinski definition) is 3. The molecule has 0 spiro atoms. The molecule has 96 valence electrons. The van der Waals surface area contributed by atoms with Gasteiger partial charge in [-0.15, -0.1) is 11.3 Å². The van der Waals surface area contributed by atoms with Gasteiger partial charge in [-0.05, 0) is 32.0 Å². The van der Waals surface area contributed by atoms with Crippen LogP contribution in [0.2, 0.25) is 4.34 Å². The lowest BCUT2D eigenvalue weighted by atomic mass is 10.0. The molecule has 2 atom stereocenters. The highest BCUT2D eigenvalue weighted by molar-refractivity contribution is 7.16. The van der Waals surface area contributed by atoms with Crippen LogP contribution in [0.15, 0.2) is 24.7 Å². The zero-order valence-electron chi connectivity index (χ0n) is 10.3. The summed E-state index contributed by atoms with van der Waals surface area (Å²) < 4.78 is 3.13. The fourth-order valence-electron chi connectivity index (χ4n) is 2.55. The molecule has 2 aromatic heterocycles. The third kappa shape index (κ3) is 2.20. The highest BCUT2D eigenvalue weighted by atomic mass is 35.5. The maximum absolute atomic E-state index is 6.02. The summed E-state index contributed by atoms with van der Waals surface area (Å²) >= 11 is 7.66. The molecule has 1 saturated heterocycles. The summed E-state index contributed by atoms with van der Waals surface area (Å²) in [7, 11) is 0. The third-order valence-corrected chi connectivity index (χ3v) is 5.00. The van der Waals surface area contributed by atoms with Gasteiger partial charge in [0.2, 0.25) is 0 Å². The maximum Gasteiger partial charge on any atom is 0.0954 e. The van der Waals surface area contributed by atoms with E-state index >= 15 is 0 Å². The van der Waals surface area contributed by atoms with Crippen molar-refractivity contribution >= 4 is 22.9 Å². The Morgan fingerprint density at radius 1 is 1.56 bits per heavy atom. The van der Waals surface area contributed by atoms with E-state index in [0.717, 1.165) is 17.4 Å². The predicted octanol–water partition coefficient (Wildman–Crippen LogP) is 3.28. The molecule has 5 heteroatoms. The number of imidazole rings is 1. The van der Waals surface area contributed by atoms with Crippen molar-refractivity contribution in [2.75, 3.05) is 13.1 Å². The van der Waals surface area contributed by atoms with Crippen molar-refractivity contribution in [1.82, 2.24) is 14.9 Å². The van der Waals surface area contributed by atoms with Crippen LogP contribution >= 0.6 is 22.9 Å². The molecular weight excluding hydrogens is 266 g/mol. The van der Waals surface area contributed by atoms with Crippen LogP contribution in [0.5, 0.6) is 0 Å². The van der Waals surface area contributed by atoms with Crippen molar-refractivity contribution in [3.63, 3.8) is 0 Å². The first-order valence-corrected chi connectivity index (χ1v) is 7.43. The second-order valence-electron chi connectivity index (χ2n) is 4.73. The van der Waals surface area contributed by atoms with E-state index in [2.05, 4.69) is 27.9 Å². The predicted molar refractivity (Wildman–Crippen MR) is 75.6 cm³/mol. The van der Waals surface area contributed by atoms with Gasteiger partial charge >= 0.3 is 0 Å². The standard InChI is InChI=1S/C13H16ClN3S/c1-9(12-2-3-13(14)18-12)17-8-16-7-11(17)10-4-5-15-6-10/h2-3,7-10,15H,4-6H2,1H3. The monoisotopic (exact) mass is 281 g/mol. The van der Waals surface area contributed by atoms with Gasteiger partial charge in [-0.2, -0.15) is 0 Å². The fourth-order valence-corrected chi connectivity index (χ4v) is 3.66. The molecule has 18 heavy (non-hydrogen) atoms. The topological polar surface area (TPSA) is 29.9 Å². The average Bonchev–Trinajstić information content (AvgIpc) is 3.08. The quantitative estimate of drug-likeness (QED) is 0.936. The first kappa shape index (κ1) is 12.2. The van der Waals surface area contributed by atoms with Crippen molar-refractivity contribution in [2.24, 2.45) is 0 Å². The minimum Gasteiger partial charge on any atom is -0.326 e. The lowest BCUT2D eigenvalue weighted by Gasteiger charge is -2.18. The number of halogens is 1. The minimum atomic E-state index is 0.306. The van der Waals surface area contributed by atoms with Gasteiger partial charge in [-0.3, -0.25) is 0 Å². The number of rotatable bonds is 3. The number of nitrogens with zero attached hydrogens (tertiary/aromatic N) is 2. The van der Waals surface area contributed by atoms with Crippen LogP contribution in [0.3, 0.4) is 0 Å². The lowest BCUT2D eigenvalue weighted by molar-refractivity contribution is 0.581. The molecular formula is C13H16ClN3S. The summed E-state index contributed by atoms with van der Waals surface area (Å²) in [6, 6.07) is 4.38. The molecule has 2 aromatic rings. The first-order chi connectivity index (χ1) is 8.75. The van der Waals surface area contributed by atoms with E-state index in [1.807, 2.05) is 18.6 Å². The second-order valence-corrected chi connectivity index (χ2v) is 6.48. The molecule has 1 aliphatic heterocycles. The summed E-state index contributed by atoms with van der Waals surface area (Å²) in [4.78, 5) is 5.61.